The molecule has 27 heavy (non-hydrogen) atoms. The number of nitrogens with one attached hydrogen (secondary N) is 1. The number of fused-ring (bicyclic) bond motifs is 1. The molecule has 6 heteroatoms. The molecule has 0 saturated carbocycles. The third-order valence-electron chi connectivity index (χ3n) is 4.71. The number of aryl methyl sites for hydroxylation is 3. The van der Waals surface area contributed by atoms with Gasteiger partial charge in [-0.3, -0.25) is 9.36 Å². The Bertz CT molecular complexity index is 1190. The predicted octanol–water partition coefficient (Wildman–Crippen LogP) is 3.79. The number of benzene rings is 2. The Hall–Kier alpha value is -3.54. The van der Waals surface area contributed by atoms with E-state index in [1.807, 2.05) is 26.0 Å². The fourth-order valence-corrected chi connectivity index (χ4v) is 3.25. The second-order valence-corrected chi connectivity index (χ2v) is 6.56. The van der Waals surface area contributed by atoms with Crippen LogP contribution < -0.4 is 11.1 Å². The van der Waals surface area contributed by atoms with Crippen LogP contribution in [-0.4, -0.2) is 15.0 Å². The number of carbonyl (C=O) groups excluding carboxylic acids is 1. The predicted molar refractivity (Wildman–Crippen MR) is 105 cm³/mol. The van der Waals surface area contributed by atoms with Crippen LogP contribution in [-0.2, 0) is 7.05 Å². The van der Waals surface area contributed by atoms with Crippen molar-refractivity contribution in [3.63, 3.8) is 0 Å². The summed E-state index contributed by atoms with van der Waals surface area (Å²) in [6, 6.07) is 16.7. The molecule has 0 bridgehead atoms. The number of anilines is 1. The van der Waals surface area contributed by atoms with Crippen LogP contribution in [0.2, 0.25) is 0 Å². The van der Waals surface area contributed by atoms with Crippen molar-refractivity contribution in [2.45, 2.75) is 13.8 Å². The lowest BCUT2D eigenvalue weighted by atomic mass is 10.1. The zero-order valence-corrected chi connectivity index (χ0v) is 15.3. The Morgan fingerprint density at radius 1 is 0.963 bits per heavy atom. The molecule has 0 aliphatic carbocycles. The van der Waals surface area contributed by atoms with Gasteiger partial charge in [0.1, 0.15) is 0 Å². The second kappa shape index (κ2) is 6.32. The van der Waals surface area contributed by atoms with E-state index in [2.05, 4.69) is 22.0 Å². The molecule has 2 heterocycles. The van der Waals surface area contributed by atoms with E-state index >= 15 is 0 Å². The van der Waals surface area contributed by atoms with Crippen LogP contribution in [0.3, 0.4) is 0 Å². The number of rotatable bonds is 3. The van der Waals surface area contributed by atoms with Gasteiger partial charge in [-0.05, 0) is 62.4 Å². The SMILES string of the molecule is Cc1ccc(C)n1-c1ccc(C(=O)Nc2ccc3c(c2)oc(=O)n3C)cc1. The van der Waals surface area contributed by atoms with E-state index in [-0.39, 0.29) is 5.91 Å². The van der Waals surface area contributed by atoms with Gasteiger partial charge in [-0.2, -0.15) is 0 Å². The number of oxazole rings is 1. The molecule has 6 nitrogen and oxygen atoms in total. The highest BCUT2D eigenvalue weighted by Gasteiger charge is 2.11. The van der Waals surface area contributed by atoms with Crippen LogP contribution in [0.4, 0.5) is 5.69 Å². The highest BCUT2D eigenvalue weighted by molar-refractivity contribution is 6.05. The quantitative estimate of drug-likeness (QED) is 0.604. The number of hydrogen-bond donors (Lipinski definition) is 1. The van der Waals surface area contributed by atoms with Crippen LogP contribution in [0.1, 0.15) is 21.7 Å². The molecule has 1 amide bonds. The van der Waals surface area contributed by atoms with Gasteiger partial charge in [0.25, 0.3) is 5.91 Å². The molecular weight excluding hydrogens is 342 g/mol. The van der Waals surface area contributed by atoms with Gasteiger partial charge in [0.05, 0.1) is 5.52 Å². The van der Waals surface area contributed by atoms with Gasteiger partial charge in [-0.1, -0.05) is 0 Å². The first-order chi connectivity index (χ1) is 12.9. The standard InChI is InChI=1S/C21H19N3O3/c1-13-4-5-14(2)24(13)17-9-6-15(7-10-17)20(25)22-16-8-11-18-19(12-16)27-21(26)23(18)3/h4-12H,1-3H3,(H,22,25). The number of aromatic nitrogens is 2. The Morgan fingerprint density at radius 3 is 2.30 bits per heavy atom. The lowest BCUT2D eigenvalue weighted by Gasteiger charge is -2.10. The van der Waals surface area contributed by atoms with Crippen molar-refractivity contribution in [3.8, 4) is 5.69 Å². The third-order valence-corrected chi connectivity index (χ3v) is 4.71. The molecule has 0 aliphatic heterocycles. The Morgan fingerprint density at radius 2 is 1.63 bits per heavy atom. The summed E-state index contributed by atoms with van der Waals surface area (Å²) in [5.41, 5.74) is 5.54. The van der Waals surface area contributed by atoms with Crippen molar-refractivity contribution in [3.05, 3.63) is 82.1 Å². The molecule has 2 aromatic carbocycles. The first kappa shape index (κ1) is 16.9. The summed E-state index contributed by atoms with van der Waals surface area (Å²) in [6.45, 7) is 4.09. The van der Waals surface area contributed by atoms with Gasteiger partial charge < -0.3 is 14.3 Å². The van der Waals surface area contributed by atoms with E-state index in [0.29, 0.717) is 22.4 Å². The van der Waals surface area contributed by atoms with Crippen molar-refractivity contribution < 1.29 is 9.21 Å². The molecule has 0 atom stereocenters. The van der Waals surface area contributed by atoms with E-state index in [1.54, 1.807) is 37.4 Å². The van der Waals surface area contributed by atoms with Crippen LogP contribution in [0.5, 0.6) is 0 Å². The zero-order chi connectivity index (χ0) is 19.1. The largest absolute Gasteiger partial charge is 0.419 e. The van der Waals surface area contributed by atoms with Crippen LogP contribution >= 0.6 is 0 Å². The van der Waals surface area contributed by atoms with E-state index < -0.39 is 5.76 Å². The van der Waals surface area contributed by atoms with Crippen LogP contribution in [0.15, 0.2) is 63.8 Å². The van der Waals surface area contributed by atoms with Crippen molar-refractivity contribution in [2.75, 3.05) is 5.32 Å². The molecular formula is C21H19N3O3. The molecule has 4 rings (SSSR count). The molecule has 0 saturated heterocycles. The van der Waals surface area contributed by atoms with Crippen molar-refractivity contribution in [1.82, 2.24) is 9.13 Å². The van der Waals surface area contributed by atoms with Gasteiger partial charge in [0.2, 0.25) is 0 Å². The lowest BCUT2D eigenvalue weighted by Crippen LogP contribution is -2.12. The maximum Gasteiger partial charge on any atom is 0.419 e. The van der Waals surface area contributed by atoms with E-state index in [9.17, 15) is 9.59 Å². The smallest absolute Gasteiger partial charge is 0.408 e. The summed E-state index contributed by atoms with van der Waals surface area (Å²) in [7, 11) is 1.64. The molecule has 0 radical (unpaired) electrons. The highest BCUT2D eigenvalue weighted by atomic mass is 16.4. The minimum atomic E-state index is -0.431. The van der Waals surface area contributed by atoms with Gasteiger partial charge in [0.15, 0.2) is 5.58 Å². The summed E-state index contributed by atoms with van der Waals surface area (Å²) in [6.07, 6.45) is 0. The van der Waals surface area contributed by atoms with Crippen molar-refractivity contribution >= 4 is 22.7 Å². The number of carbonyl (C=O) groups is 1. The summed E-state index contributed by atoms with van der Waals surface area (Å²) in [5, 5.41) is 2.84. The topological polar surface area (TPSA) is 69.2 Å². The van der Waals surface area contributed by atoms with Gasteiger partial charge in [-0.25, -0.2) is 4.79 Å². The van der Waals surface area contributed by atoms with Gasteiger partial charge in [0, 0.05) is 41.4 Å². The van der Waals surface area contributed by atoms with E-state index in [0.717, 1.165) is 17.1 Å². The average molecular weight is 361 g/mol. The monoisotopic (exact) mass is 361 g/mol. The summed E-state index contributed by atoms with van der Waals surface area (Å²) in [5.74, 6) is -0.653. The van der Waals surface area contributed by atoms with Crippen LogP contribution in [0, 0.1) is 13.8 Å². The highest BCUT2D eigenvalue weighted by Crippen LogP contribution is 2.20. The van der Waals surface area contributed by atoms with Crippen LogP contribution in [0.25, 0.3) is 16.8 Å². The number of amides is 1. The lowest BCUT2D eigenvalue weighted by molar-refractivity contribution is 0.102. The molecule has 136 valence electrons. The molecule has 4 aromatic rings. The van der Waals surface area contributed by atoms with Crippen molar-refractivity contribution in [2.24, 2.45) is 7.05 Å². The minimum Gasteiger partial charge on any atom is -0.408 e. The third kappa shape index (κ3) is 2.95. The fraction of sp³-hybridized carbons (Fsp3) is 0.143. The maximum absolute atomic E-state index is 12.5. The number of hydrogen-bond acceptors (Lipinski definition) is 3. The summed E-state index contributed by atoms with van der Waals surface area (Å²) in [4.78, 5) is 24.1. The fourth-order valence-electron chi connectivity index (χ4n) is 3.25. The minimum absolute atomic E-state index is 0.222. The van der Waals surface area contributed by atoms with E-state index in [4.69, 9.17) is 4.42 Å². The number of nitrogens with zero attached hydrogens (tertiary/aromatic N) is 2. The Kier molecular flexibility index (Phi) is 3.96. The summed E-state index contributed by atoms with van der Waals surface area (Å²) < 4.78 is 8.71. The molecule has 2 aromatic heterocycles. The summed E-state index contributed by atoms with van der Waals surface area (Å²) >= 11 is 0. The average Bonchev–Trinajstić information content (AvgIpc) is 3.13. The van der Waals surface area contributed by atoms with Crippen molar-refractivity contribution in [1.29, 1.82) is 0 Å². The normalized spacial score (nSPS) is 11.1. The first-order valence-electron chi connectivity index (χ1n) is 8.60. The van der Waals surface area contributed by atoms with Gasteiger partial charge in [-0.15, -0.1) is 0 Å². The zero-order valence-electron chi connectivity index (χ0n) is 15.3. The molecule has 1 N–H and O–H groups in total. The molecule has 0 spiro atoms. The molecule has 0 fully saturated rings. The maximum atomic E-state index is 12.5. The molecule has 0 unspecified atom stereocenters. The van der Waals surface area contributed by atoms with Gasteiger partial charge >= 0.3 is 5.76 Å². The Labute approximate surface area is 155 Å². The second-order valence-electron chi connectivity index (χ2n) is 6.56. The van der Waals surface area contributed by atoms with E-state index in [1.165, 1.54) is 4.57 Å². The Balaban J connectivity index is 1.57. The molecule has 0 aliphatic rings. The first-order valence-corrected chi connectivity index (χ1v) is 8.60.